The van der Waals surface area contributed by atoms with Crippen LogP contribution in [0, 0.1) is 23.7 Å². The highest BCUT2D eigenvalue weighted by molar-refractivity contribution is 5.74. The van der Waals surface area contributed by atoms with Crippen LogP contribution in [0.15, 0.2) is 0 Å². The lowest BCUT2D eigenvalue weighted by molar-refractivity contribution is -0.161. The van der Waals surface area contributed by atoms with Crippen molar-refractivity contribution in [3.8, 4) is 0 Å². The maximum atomic E-state index is 11.4. The van der Waals surface area contributed by atoms with Crippen LogP contribution in [0.1, 0.15) is 20.3 Å². The number of fused-ring (bicyclic) bond motifs is 1. The predicted octanol–water partition coefficient (Wildman–Crippen LogP) is 0.812. The molecule has 0 aromatic rings. The Hall–Kier alpha value is -0.570. The first kappa shape index (κ1) is 9.00. The molecule has 3 nitrogen and oxygen atoms in total. The molecule has 1 aliphatic heterocycles. The summed E-state index contributed by atoms with van der Waals surface area (Å²) in [6, 6.07) is 0. The third kappa shape index (κ3) is 1.26. The highest BCUT2D eigenvalue weighted by atomic mass is 16.5. The topological polar surface area (TPSA) is 46.5 Å². The Balaban J connectivity index is 2.22. The normalized spacial score (nSPS) is 50.1. The highest BCUT2D eigenvalue weighted by Crippen LogP contribution is 2.44. The number of carbonyl (C=O) groups is 1. The van der Waals surface area contributed by atoms with E-state index in [2.05, 4.69) is 6.92 Å². The summed E-state index contributed by atoms with van der Waals surface area (Å²) >= 11 is 0. The van der Waals surface area contributed by atoms with Gasteiger partial charge in [0.25, 0.3) is 0 Å². The van der Waals surface area contributed by atoms with Crippen LogP contribution in [0.2, 0.25) is 0 Å². The number of ether oxygens (including phenoxy) is 1. The molecule has 1 saturated heterocycles. The van der Waals surface area contributed by atoms with Crippen LogP contribution in [-0.4, -0.2) is 23.8 Å². The van der Waals surface area contributed by atoms with Crippen molar-refractivity contribution in [1.29, 1.82) is 0 Å². The fourth-order valence-corrected chi connectivity index (χ4v) is 2.68. The largest absolute Gasteiger partial charge is 0.465 e. The Labute approximate surface area is 78.1 Å². The van der Waals surface area contributed by atoms with Crippen molar-refractivity contribution in [2.75, 3.05) is 6.61 Å². The van der Waals surface area contributed by atoms with Gasteiger partial charge in [-0.25, -0.2) is 0 Å². The van der Waals surface area contributed by atoms with Gasteiger partial charge in [0, 0.05) is 0 Å². The van der Waals surface area contributed by atoms with E-state index in [1.165, 1.54) is 0 Å². The molecule has 13 heavy (non-hydrogen) atoms. The molecule has 2 rings (SSSR count). The van der Waals surface area contributed by atoms with E-state index in [4.69, 9.17) is 4.74 Å². The quantitative estimate of drug-likeness (QED) is 0.567. The average molecular weight is 184 g/mol. The minimum atomic E-state index is -0.317. The maximum Gasteiger partial charge on any atom is 0.309 e. The number of hydrogen-bond donors (Lipinski definition) is 1. The Morgan fingerprint density at radius 1 is 1.46 bits per heavy atom. The van der Waals surface area contributed by atoms with Gasteiger partial charge in [-0.3, -0.25) is 4.79 Å². The number of aliphatic hydroxyl groups is 1. The third-order valence-electron chi connectivity index (χ3n) is 3.64. The SMILES string of the molecule is C[C@@H]1[C@H]2C(=O)OC[C@@H](C)[C@H]2C[C@@H]1O. The van der Waals surface area contributed by atoms with Gasteiger partial charge >= 0.3 is 5.97 Å². The van der Waals surface area contributed by atoms with Crippen molar-refractivity contribution < 1.29 is 14.6 Å². The van der Waals surface area contributed by atoms with Gasteiger partial charge in [-0.1, -0.05) is 13.8 Å². The first-order valence-electron chi connectivity index (χ1n) is 4.96. The van der Waals surface area contributed by atoms with E-state index in [-0.39, 0.29) is 23.9 Å². The highest BCUT2D eigenvalue weighted by Gasteiger charge is 2.49. The van der Waals surface area contributed by atoms with Gasteiger partial charge < -0.3 is 9.84 Å². The lowest BCUT2D eigenvalue weighted by Gasteiger charge is -2.31. The van der Waals surface area contributed by atoms with Gasteiger partial charge in [0.2, 0.25) is 0 Å². The van der Waals surface area contributed by atoms with Crippen LogP contribution in [0.4, 0.5) is 0 Å². The van der Waals surface area contributed by atoms with Crippen molar-refractivity contribution in [2.45, 2.75) is 26.4 Å². The Morgan fingerprint density at radius 2 is 2.15 bits per heavy atom. The van der Waals surface area contributed by atoms with Crippen molar-refractivity contribution >= 4 is 5.97 Å². The molecule has 0 aromatic carbocycles. The monoisotopic (exact) mass is 184 g/mol. The molecule has 0 radical (unpaired) electrons. The third-order valence-corrected chi connectivity index (χ3v) is 3.64. The molecule has 0 bridgehead atoms. The maximum absolute atomic E-state index is 11.4. The second-order valence-electron chi connectivity index (χ2n) is 4.46. The number of cyclic esters (lactones) is 1. The molecule has 1 N–H and O–H groups in total. The van der Waals surface area contributed by atoms with Crippen LogP contribution in [0.3, 0.4) is 0 Å². The molecule has 1 aliphatic carbocycles. The summed E-state index contributed by atoms with van der Waals surface area (Å²) in [7, 11) is 0. The zero-order valence-corrected chi connectivity index (χ0v) is 8.06. The number of carbonyl (C=O) groups excluding carboxylic acids is 1. The minimum absolute atomic E-state index is 0.0567. The summed E-state index contributed by atoms with van der Waals surface area (Å²) < 4.78 is 5.07. The lowest BCUT2D eigenvalue weighted by atomic mass is 9.81. The smallest absolute Gasteiger partial charge is 0.309 e. The summed E-state index contributed by atoms with van der Waals surface area (Å²) in [5, 5.41) is 9.66. The van der Waals surface area contributed by atoms with Gasteiger partial charge in [-0.15, -0.1) is 0 Å². The molecule has 1 heterocycles. The second-order valence-corrected chi connectivity index (χ2v) is 4.46. The van der Waals surface area contributed by atoms with Crippen molar-refractivity contribution in [3.63, 3.8) is 0 Å². The molecule has 5 atom stereocenters. The Bertz CT molecular complexity index is 226. The van der Waals surface area contributed by atoms with Gasteiger partial charge in [0.1, 0.15) is 0 Å². The van der Waals surface area contributed by atoms with Gasteiger partial charge in [-0.2, -0.15) is 0 Å². The molecule has 74 valence electrons. The van der Waals surface area contributed by atoms with Crippen LogP contribution >= 0.6 is 0 Å². The molecule has 0 unspecified atom stereocenters. The second kappa shape index (κ2) is 2.98. The summed E-state index contributed by atoms with van der Waals surface area (Å²) in [4.78, 5) is 11.4. The Kier molecular flexibility index (Phi) is 2.06. The van der Waals surface area contributed by atoms with Crippen LogP contribution in [-0.2, 0) is 9.53 Å². The number of rotatable bonds is 0. The fourth-order valence-electron chi connectivity index (χ4n) is 2.68. The summed E-state index contributed by atoms with van der Waals surface area (Å²) in [5.74, 6) is 0.652. The molecule has 2 aliphatic rings. The first-order valence-corrected chi connectivity index (χ1v) is 4.96. The molecule has 0 amide bonds. The van der Waals surface area contributed by atoms with Gasteiger partial charge in [-0.05, 0) is 24.2 Å². The van der Waals surface area contributed by atoms with Crippen molar-refractivity contribution in [1.82, 2.24) is 0 Å². The molecular formula is C10H16O3. The summed E-state index contributed by atoms with van der Waals surface area (Å²) in [5.41, 5.74) is 0. The minimum Gasteiger partial charge on any atom is -0.465 e. The number of esters is 1. The average Bonchev–Trinajstić information content (AvgIpc) is 2.38. The van der Waals surface area contributed by atoms with Gasteiger partial charge in [0.05, 0.1) is 18.6 Å². The van der Waals surface area contributed by atoms with E-state index in [1.54, 1.807) is 0 Å². The van der Waals surface area contributed by atoms with E-state index >= 15 is 0 Å². The van der Waals surface area contributed by atoms with Crippen molar-refractivity contribution in [3.05, 3.63) is 0 Å². The fraction of sp³-hybridized carbons (Fsp3) is 0.900. The first-order chi connectivity index (χ1) is 6.11. The summed E-state index contributed by atoms with van der Waals surface area (Å²) in [6.07, 6.45) is 0.449. The molecule has 1 saturated carbocycles. The van der Waals surface area contributed by atoms with E-state index < -0.39 is 0 Å². The zero-order valence-electron chi connectivity index (χ0n) is 8.06. The molecule has 0 aromatic heterocycles. The van der Waals surface area contributed by atoms with Gasteiger partial charge in [0.15, 0.2) is 0 Å². The molecule has 0 spiro atoms. The molecule has 2 fully saturated rings. The number of aliphatic hydroxyl groups excluding tert-OH is 1. The Morgan fingerprint density at radius 3 is 2.77 bits per heavy atom. The predicted molar refractivity (Wildman–Crippen MR) is 46.9 cm³/mol. The van der Waals surface area contributed by atoms with Crippen LogP contribution in [0.25, 0.3) is 0 Å². The van der Waals surface area contributed by atoms with Crippen LogP contribution < -0.4 is 0 Å². The van der Waals surface area contributed by atoms with Crippen LogP contribution in [0.5, 0.6) is 0 Å². The molecular weight excluding hydrogens is 168 g/mol. The standard InChI is InChI=1S/C10H16O3/c1-5-4-13-10(12)9-6(2)8(11)3-7(5)9/h5-9,11H,3-4H2,1-2H3/t5-,6+,7-,8+,9-/m1/s1. The van der Waals surface area contributed by atoms with E-state index in [0.29, 0.717) is 18.4 Å². The van der Waals surface area contributed by atoms with E-state index in [1.807, 2.05) is 6.92 Å². The number of hydrogen-bond acceptors (Lipinski definition) is 3. The lowest BCUT2D eigenvalue weighted by Crippen LogP contribution is -2.37. The zero-order chi connectivity index (χ0) is 9.59. The van der Waals surface area contributed by atoms with Crippen molar-refractivity contribution in [2.24, 2.45) is 23.7 Å². The summed E-state index contributed by atoms with van der Waals surface area (Å²) in [6.45, 7) is 4.56. The van der Waals surface area contributed by atoms with E-state index in [9.17, 15) is 9.90 Å². The van der Waals surface area contributed by atoms with E-state index in [0.717, 1.165) is 6.42 Å². The molecule has 3 heteroatoms.